The molecule has 0 aromatic heterocycles. The van der Waals surface area contributed by atoms with Gasteiger partial charge in [-0.2, -0.15) is 0 Å². The largest absolute Gasteiger partial charge is 0.497 e. The molecule has 0 radical (unpaired) electrons. The van der Waals surface area contributed by atoms with Gasteiger partial charge < -0.3 is 24.6 Å². The van der Waals surface area contributed by atoms with Crippen molar-refractivity contribution in [1.82, 2.24) is 9.80 Å². The minimum absolute atomic E-state index is 0.0171. The number of ether oxygens (including phenoxy) is 2. The van der Waals surface area contributed by atoms with Crippen LogP contribution < -0.4 is 14.8 Å². The molecule has 1 aliphatic rings. The highest BCUT2D eigenvalue weighted by molar-refractivity contribution is 6.05. The smallest absolute Gasteiger partial charge is 0.255 e. The number of carbonyl (C=O) groups excluding carboxylic acids is 2. The Morgan fingerprint density at radius 3 is 1.96 bits per heavy atom. The number of methoxy groups -OCH3 is 2. The predicted octanol–water partition coefficient (Wildman–Crippen LogP) is 2.34. The molecular formula is C21H25N3O4. The molecule has 1 heterocycles. The van der Waals surface area contributed by atoms with E-state index in [0.29, 0.717) is 28.3 Å². The highest BCUT2D eigenvalue weighted by Gasteiger charge is 2.20. The lowest BCUT2D eigenvalue weighted by atomic mass is 10.1. The molecule has 0 aliphatic carbocycles. The third-order valence-electron chi connectivity index (χ3n) is 4.79. The molecule has 1 N–H and O–H groups in total. The molecule has 2 aromatic carbocycles. The highest BCUT2D eigenvalue weighted by Crippen LogP contribution is 2.23. The van der Waals surface area contributed by atoms with E-state index in [-0.39, 0.29) is 11.8 Å². The summed E-state index contributed by atoms with van der Waals surface area (Å²) in [7, 11) is 5.12. The molecule has 7 heteroatoms. The van der Waals surface area contributed by atoms with Gasteiger partial charge in [0.2, 0.25) is 0 Å². The molecule has 0 bridgehead atoms. The van der Waals surface area contributed by atoms with Crippen molar-refractivity contribution in [3.05, 3.63) is 53.6 Å². The van der Waals surface area contributed by atoms with Crippen LogP contribution in [0.2, 0.25) is 0 Å². The maximum Gasteiger partial charge on any atom is 0.255 e. The SMILES string of the molecule is COc1cc(OC)cc(C(=O)Nc2ccc(C(=O)N3CCN(C)CC3)cc2)c1. The molecule has 1 saturated heterocycles. The van der Waals surface area contributed by atoms with Crippen LogP contribution in [0, 0.1) is 0 Å². The summed E-state index contributed by atoms with van der Waals surface area (Å²) in [6.07, 6.45) is 0. The summed E-state index contributed by atoms with van der Waals surface area (Å²) in [4.78, 5) is 29.2. The Morgan fingerprint density at radius 2 is 1.43 bits per heavy atom. The number of benzene rings is 2. The summed E-state index contributed by atoms with van der Waals surface area (Å²) in [5.41, 5.74) is 1.65. The molecule has 28 heavy (non-hydrogen) atoms. The van der Waals surface area contributed by atoms with Gasteiger partial charge in [0.15, 0.2) is 0 Å². The lowest BCUT2D eigenvalue weighted by Crippen LogP contribution is -2.47. The molecule has 148 valence electrons. The Balaban J connectivity index is 1.67. The first-order chi connectivity index (χ1) is 13.5. The predicted molar refractivity (Wildman–Crippen MR) is 107 cm³/mol. The van der Waals surface area contributed by atoms with Gasteiger partial charge in [-0.05, 0) is 43.4 Å². The Kier molecular flexibility index (Phi) is 6.16. The number of nitrogens with zero attached hydrogens (tertiary/aromatic N) is 2. The standard InChI is InChI=1S/C21H25N3O4/c1-23-8-10-24(11-9-23)21(26)15-4-6-17(7-5-15)22-20(25)16-12-18(27-2)14-19(13-16)28-3/h4-7,12-14H,8-11H2,1-3H3,(H,22,25). The lowest BCUT2D eigenvalue weighted by Gasteiger charge is -2.32. The van der Waals surface area contributed by atoms with Crippen LogP contribution in [0.15, 0.2) is 42.5 Å². The van der Waals surface area contributed by atoms with Gasteiger partial charge in [0.1, 0.15) is 11.5 Å². The van der Waals surface area contributed by atoms with Crippen LogP contribution in [0.3, 0.4) is 0 Å². The van der Waals surface area contributed by atoms with Crippen LogP contribution in [0.4, 0.5) is 5.69 Å². The Morgan fingerprint density at radius 1 is 0.857 bits per heavy atom. The first-order valence-electron chi connectivity index (χ1n) is 9.12. The molecule has 1 fully saturated rings. The van der Waals surface area contributed by atoms with E-state index in [9.17, 15) is 9.59 Å². The van der Waals surface area contributed by atoms with E-state index in [1.54, 1.807) is 42.5 Å². The van der Waals surface area contributed by atoms with Crippen LogP contribution in [0.5, 0.6) is 11.5 Å². The van der Waals surface area contributed by atoms with E-state index in [4.69, 9.17) is 9.47 Å². The Labute approximate surface area is 164 Å². The van der Waals surface area contributed by atoms with Gasteiger partial charge in [-0.1, -0.05) is 0 Å². The van der Waals surface area contributed by atoms with Crippen molar-refractivity contribution >= 4 is 17.5 Å². The van der Waals surface area contributed by atoms with E-state index in [0.717, 1.165) is 26.2 Å². The first-order valence-corrected chi connectivity index (χ1v) is 9.12. The van der Waals surface area contributed by atoms with E-state index in [1.165, 1.54) is 14.2 Å². The molecule has 3 rings (SSSR count). The molecule has 2 amide bonds. The van der Waals surface area contributed by atoms with Crippen molar-refractivity contribution in [2.75, 3.05) is 52.8 Å². The van der Waals surface area contributed by atoms with Crippen molar-refractivity contribution < 1.29 is 19.1 Å². The van der Waals surface area contributed by atoms with Gasteiger partial charge in [-0.3, -0.25) is 9.59 Å². The third-order valence-corrected chi connectivity index (χ3v) is 4.79. The minimum atomic E-state index is -0.282. The van der Waals surface area contributed by atoms with Crippen molar-refractivity contribution in [3.8, 4) is 11.5 Å². The van der Waals surface area contributed by atoms with E-state index in [1.807, 2.05) is 4.90 Å². The van der Waals surface area contributed by atoms with Gasteiger partial charge in [-0.15, -0.1) is 0 Å². The average Bonchev–Trinajstić information content (AvgIpc) is 2.73. The van der Waals surface area contributed by atoms with Crippen LogP contribution in [0.25, 0.3) is 0 Å². The van der Waals surface area contributed by atoms with Crippen molar-refractivity contribution in [2.45, 2.75) is 0 Å². The van der Waals surface area contributed by atoms with Crippen molar-refractivity contribution in [1.29, 1.82) is 0 Å². The second kappa shape index (κ2) is 8.75. The molecule has 0 unspecified atom stereocenters. The second-order valence-corrected chi connectivity index (χ2v) is 6.73. The number of piperazine rings is 1. The summed E-state index contributed by atoms with van der Waals surface area (Å²) < 4.78 is 10.4. The summed E-state index contributed by atoms with van der Waals surface area (Å²) in [6.45, 7) is 3.21. The number of rotatable bonds is 5. The number of anilines is 1. The summed E-state index contributed by atoms with van der Waals surface area (Å²) in [5.74, 6) is 0.814. The normalized spacial score (nSPS) is 14.5. The fourth-order valence-electron chi connectivity index (χ4n) is 3.03. The number of carbonyl (C=O) groups is 2. The molecular weight excluding hydrogens is 358 g/mol. The van der Waals surface area contributed by atoms with Gasteiger partial charge >= 0.3 is 0 Å². The maximum atomic E-state index is 12.6. The highest BCUT2D eigenvalue weighted by atomic mass is 16.5. The molecule has 0 atom stereocenters. The van der Waals surface area contributed by atoms with Gasteiger partial charge in [-0.25, -0.2) is 0 Å². The van der Waals surface area contributed by atoms with Crippen LogP contribution in [0.1, 0.15) is 20.7 Å². The van der Waals surface area contributed by atoms with E-state index in [2.05, 4.69) is 17.3 Å². The topological polar surface area (TPSA) is 71.1 Å². The number of nitrogens with one attached hydrogen (secondary N) is 1. The molecule has 2 aromatic rings. The number of likely N-dealkylation sites (N-methyl/N-ethyl adjacent to an activating group) is 1. The zero-order chi connectivity index (χ0) is 20.1. The number of hydrogen-bond acceptors (Lipinski definition) is 5. The zero-order valence-electron chi connectivity index (χ0n) is 16.4. The average molecular weight is 383 g/mol. The van der Waals surface area contributed by atoms with Gasteiger partial charge in [0.25, 0.3) is 11.8 Å². The minimum Gasteiger partial charge on any atom is -0.497 e. The summed E-state index contributed by atoms with van der Waals surface area (Å²) in [5, 5.41) is 2.83. The summed E-state index contributed by atoms with van der Waals surface area (Å²) >= 11 is 0. The molecule has 7 nitrogen and oxygen atoms in total. The molecule has 1 aliphatic heterocycles. The van der Waals surface area contributed by atoms with Gasteiger partial charge in [0.05, 0.1) is 14.2 Å². The van der Waals surface area contributed by atoms with Crippen molar-refractivity contribution in [3.63, 3.8) is 0 Å². The third kappa shape index (κ3) is 4.61. The van der Waals surface area contributed by atoms with E-state index < -0.39 is 0 Å². The Bertz CT molecular complexity index is 821. The van der Waals surface area contributed by atoms with Crippen LogP contribution in [-0.4, -0.2) is 69.1 Å². The number of hydrogen-bond donors (Lipinski definition) is 1. The fraction of sp³-hybridized carbons (Fsp3) is 0.333. The second-order valence-electron chi connectivity index (χ2n) is 6.73. The first kappa shape index (κ1) is 19.7. The maximum absolute atomic E-state index is 12.6. The fourth-order valence-corrected chi connectivity index (χ4v) is 3.03. The molecule has 0 spiro atoms. The quantitative estimate of drug-likeness (QED) is 0.858. The van der Waals surface area contributed by atoms with Gasteiger partial charge in [0, 0.05) is 49.1 Å². The Hall–Kier alpha value is -3.06. The van der Waals surface area contributed by atoms with E-state index >= 15 is 0 Å². The molecule has 0 saturated carbocycles. The monoisotopic (exact) mass is 383 g/mol. The van der Waals surface area contributed by atoms with Crippen LogP contribution >= 0.6 is 0 Å². The van der Waals surface area contributed by atoms with Crippen molar-refractivity contribution in [2.24, 2.45) is 0 Å². The number of amides is 2. The zero-order valence-corrected chi connectivity index (χ0v) is 16.4. The lowest BCUT2D eigenvalue weighted by molar-refractivity contribution is 0.0664. The summed E-state index contributed by atoms with van der Waals surface area (Å²) in [6, 6.07) is 11.9. The van der Waals surface area contributed by atoms with Crippen LogP contribution in [-0.2, 0) is 0 Å².